The molecule has 43 heavy (non-hydrogen) atoms. The van der Waals surface area contributed by atoms with Gasteiger partial charge in [-0.15, -0.1) is 0 Å². The van der Waals surface area contributed by atoms with E-state index in [2.05, 4.69) is 21.7 Å². The number of alkyl halides is 1. The molecule has 3 unspecified atom stereocenters. The van der Waals surface area contributed by atoms with Gasteiger partial charge in [0.1, 0.15) is 34.8 Å². The Morgan fingerprint density at radius 2 is 1.86 bits per heavy atom. The van der Waals surface area contributed by atoms with Gasteiger partial charge in [-0.3, -0.25) is 9.88 Å². The molecule has 2 aromatic heterocycles. The van der Waals surface area contributed by atoms with Crippen molar-refractivity contribution in [3.63, 3.8) is 0 Å². The number of nitrogens with zero attached hydrogens (tertiary/aromatic N) is 5. The molecule has 3 saturated heterocycles. The third-order valence-corrected chi connectivity index (χ3v) is 11.1. The maximum Gasteiger partial charge on any atom is 0.175 e. The number of phenols is 1. The molecule has 6 bridgehead atoms. The standard InChI is InChI=1S/C34H42ClF2N5O/c1-33-10-5-3-2-4-8-24-25(16-23(43)17-27(24)35)30-29(37)31-26(19-38-30)32(41(21-33)14-6-11-33)40-28(39-31)9-13-34-12-7-15-42(34)20-22(36)18-34/h16-17,19,22,43H,2-15,18,20-21H2,1H3. The van der Waals surface area contributed by atoms with E-state index >= 15 is 4.39 Å². The molecule has 0 radical (unpaired) electrons. The first-order valence-electron chi connectivity index (χ1n) is 16.2. The van der Waals surface area contributed by atoms with E-state index in [0.29, 0.717) is 47.6 Å². The maximum absolute atomic E-state index is 16.7. The van der Waals surface area contributed by atoms with Crippen LogP contribution in [0.1, 0.15) is 88.9 Å². The van der Waals surface area contributed by atoms with E-state index in [9.17, 15) is 9.50 Å². The van der Waals surface area contributed by atoms with E-state index in [1.807, 2.05) is 0 Å². The minimum Gasteiger partial charge on any atom is -0.508 e. The number of aromatic nitrogens is 3. The molecule has 1 aromatic carbocycles. The number of fused-ring (bicyclic) bond motifs is 7. The highest BCUT2D eigenvalue weighted by Gasteiger charge is 2.48. The largest absolute Gasteiger partial charge is 0.508 e. The van der Waals surface area contributed by atoms with Crippen molar-refractivity contribution in [1.29, 1.82) is 0 Å². The number of anilines is 1. The Bertz CT molecular complexity index is 1540. The van der Waals surface area contributed by atoms with Crippen molar-refractivity contribution < 1.29 is 13.9 Å². The lowest BCUT2D eigenvalue weighted by Gasteiger charge is -2.41. The van der Waals surface area contributed by atoms with Crippen LogP contribution in [0.5, 0.6) is 5.75 Å². The zero-order valence-corrected chi connectivity index (χ0v) is 25.9. The summed E-state index contributed by atoms with van der Waals surface area (Å²) in [5, 5.41) is 11.5. The van der Waals surface area contributed by atoms with Gasteiger partial charge >= 0.3 is 0 Å². The second-order valence-corrected chi connectivity index (χ2v) is 14.3. The molecule has 1 N–H and O–H groups in total. The van der Waals surface area contributed by atoms with E-state index in [1.165, 1.54) is 18.9 Å². The van der Waals surface area contributed by atoms with Gasteiger partial charge < -0.3 is 10.0 Å². The minimum absolute atomic E-state index is 0.0146. The summed E-state index contributed by atoms with van der Waals surface area (Å²) in [6.07, 6.45) is 13.3. The van der Waals surface area contributed by atoms with Crippen LogP contribution >= 0.6 is 11.6 Å². The fraction of sp³-hybridized carbons (Fsp3) is 0.618. The van der Waals surface area contributed by atoms with Gasteiger partial charge in [-0.05, 0) is 87.4 Å². The number of benzene rings is 1. The lowest BCUT2D eigenvalue weighted by atomic mass is 9.77. The number of aryl methyl sites for hydroxylation is 1. The number of rotatable bonds is 3. The molecule has 3 aromatic rings. The summed E-state index contributed by atoms with van der Waals surface area (Å²) in [7, 11) is 0. The lowest BCUT2D eigenvalue weighted by Crippen LogP contribution is -2.42. The molecule has 3 atom stereocenters. The molecule has 3 fully saturated rings. The molecule has 8 rings (SSSR count). The Kier molecular flexibility index (Phi) is 7.73. The van der Waals surface area contributed by atoms with Crippen molar-refractivity contribution in [2.24, 2.45) is 5.41 Å². The third-order valence-electron chi connectivity index (χ3n) is 10.8. The van der Waals surface area contributed by atoms with Gasteiger partial charge in [0.15, 0.2) is 5.82 Å². The smallest absolute Gasteiger partial charge is 0.175 e. The summed E-state index contributed by atoms with van der Waals surface area (Å²) >= 11 is 6.64. The SMILES string of the molecule is CC12CCCCCCc3c(Cl)cc(O)cc3-c3ncc4c(nc(CCC56CCCN5CC(F)C6)nc4c3F)N(CCC1)C2. The maximum atomic E-state index is 16.7. The Morgan fingerprint density at radius 3 is 2.74 bits per heavy atom. The number of phenolic OH excluding ortho intramolecular Hbond substituents is 1. The normalized spacial score (nSPS) is 28.1. The molecular formula is C34H42ClF2N5O. The van der Waals surface area contributed by atoms with Crippen molar-refractivity contribution in [3.8, 4) is 17.0 Å². The van der Waals surface area contributed by atoms with Crippen LogP contribution in [0.25, 0.3) is 22.2 Å². The minimum atomic E-state index is -0.791. The van der Waals surface area contributed by atoms with Crippen LogP contribution in [0, 0.1) is 11.2 Å². The number of pyridine rings is 1. The second kappa shape index (κ2) is 11.4. The topological polar surface area (TPSA) is 65.4 Å². The molecule has 5 aliphatic heterocycles. The van der Waals surface area contributed by atoms with Crippen LogP contribution in [0.3, 0.4) is 0 Å². The van der Waals surface area contributed by atoms with Crippen molar-refractivity contribution in [2.45, 2.75) is 102 Å². The van der Waals surface area contributed by atoms with E-state index in [1.54, 1.807) is 12.3 Å². The number of aromatic hydroxyl groups is 1. The molecule has 0 spiro atoms. The van der Waals surface area contributed by atoms with Gasteiger partial charge in [-0.1, -0.05) is 37.8 Å². The number of hydrogen-bond donors (Lipinski definition) is 1. The van der Waals surface area contributed by atoms with E-state index in [0.717, 1.165) is 82.4 Å². The average Bonchev–Trinajstić information content (AvgIpc) is 3.49. The monoisotopic (exact) mass is 609 g/mol. The van der Waals surface area contributed by atoms with Gasteiger partial charge in [0.05, 0.1) is 5.39 Å². The molecule has 6 nitrogen and oxygen atoms in total. The number of hydrogen-bond acceptors (Lipinski definition) is 6. The van der Waals surface area contributed by atoms with E-state index in [-0.39, 0.29) is 27.9 Å². The second-order valence-electron chi connectivity index (χ2n) is 13.9. The Labute approximate surface area is 257 Å². The first kappa shape index (κ1) is 29.1. The Balaban J connectivity index is 1.36. The summed E-state index contributed by atoms with van der Waals surface area (Å²) in [5.41, 5.74) is 1.75. The van der Waals surface area contributed by atoms with Crippen LogP contribution in [-0.2, 0) is 12.8 Å². The van der Waals surface area contributed by atoms with Crippen LogP contribution < -0.4 is 4.90 Å². The molecular weight excluding hydrogens is 568 g/mol. The van der Waals surface area contributed by atoms with Gasteiger partial charge in [0.2, 0.25) is 0 Å². The summed E-state index contributed by atoms with van der Waals surface area (Å²) < 4.78 is 31.2. The van der Waals surface area contributed by atoms with E-state index < -0.39 is 12.0 Å². The van der Waals surface area contributed by atoms with Crippen molar-refractivity contribution >= 4 is 28.3 Å². The Morgan fingerprint density at radius 1 is 1.05 bits per heavy atom. The molecule has 230 valence electrons. The zero-order valence-electron chi connectivity index (χ0n) is 25.1. The van der Waals surface area contributed by atoms with Crippen LogP contribution in [0.15, 0.2) is 18.3 Å². The van der Waals surface area contributed by atoms with Crippen LogP contribution in [0.4, 0.5) is 14.6 Å². The van der Waals surface area contributed by atoms with Crippen molar-refractivity contribution in [2.75, 3.05) is 31.1 Å². The summed E-state index contributed by atoms with van der Waals surface area (Å²) in [6.45, 7) is 5.56. The summed E-state index contributed by atoms with van der Waals surface area (Å²) in [5.74, 6) is 0.826. The molecule has 9 heteroatoms. The van der Waals surface area contributed by atoms with Gasteiger partial charge in [-0.25, -0.2) is 18.7 Å². The van der Waals surface area contributed by atoms with Crippen molar-refractivity contribution in [1.82, 2.24) is 19.9 Å². The first-order chi connectivity index (χ1) is 20.7. The summed E-state index contributed by atoms with van der Waals surface area (Å²) in [4.78, 5) is 19.2. The van der Waals surface area contributed by atoms with Crippen LogP contribution in [-0.4, -0.2) is 62.8 Å². The van der Waals surface area contributed by atoms with Crippen molar-refractivity contribution in [3.05, 3.63) is 40.6 Å². The molecule has 7 heterocycles. The lowest BCUT2D eigenvalue weighted by molar-refractivity contribution is 0.181. The summed E-state index contributed by atoms with van der Waals surface area (Å²) in [6, 6.07) is 3.10. The molecule has 0 amide bonds. The van der Waals surface area contributed by atoms with Gasteiger partial charge in [0.25, 0.3) is 0 Å². The molecule has 5 aliphatic rings. The number of halogens is 3. The van der Waals surface area contributed by atoms with E-state index in [4.69, 9.17) is 21.6 Å². The first-order valence-corrected chi connectivity index (χ1v) is 16.6. The quantitative estimate of drug-likeness (QED) is 0.327. The Hall–Kier alpha value is -2.58. The highest BCUT2D eigenvalue weighted by atomic mass is 35.5. The molecule has 0 aliphatic carbocycles. The zero-order chi connectivity index (χ0) is 29.8. The van der Waals surface area contributed by atoms with Gasteiger partial charge in [0, 0.05) is 48.4 Å². The van der Waals surface area contributed by atoms with Crippen LogP contribution in [0.2, 0.25) is 5.02 Å². The van der Waals surface area contributed by atoms with Gasteiger partial charge in [-0.2, -0.15) is 0 Å². The fourth-order valence-corrected chi connectivity index (χ4v) is 8.89. The third kappa shape index (κ3) is 5.47. The predicted octanol–water partition coefficient (Wildman–Crippen LogP) is 7.81. The average molecular weight is 610 g/mol. The highest BCUT2D eigenvalue weighted by molar-refractivity contribution is 6.32. The highest BCUT2D eigenvalue weighted by Crippen LogP contribution is 2.44. The molecule has 0 saturated carbocycles. The fourth-order valence-electron chi connectivity index (χ4n) is 8.58. The predicted molar refractivity (Wildman–Crippen MR) is 167 cm³/mol. The number of piperidine rings is 1.